The van der Waals surface area contributed by atoms with Crippen molar-refractivity contribution in [3.8, 4) is 0 Å². The fraction of sp³-hybridized carbons (Fsp3) is 0.333. The molecule has 1 heterocycles. The van der Waals surface area contributed by atoms with Crippen molar-refractivity contribution in [2.45, 2.75) is 6.42 Å². The van der Waals surface area contributed by atoms with Crippen molar-refractivity contribution in [1.29, 1.82) is 0 Å². The predicted molar refractivity (Wildman–Crippen MR) is 66.1 cm³/mol. The standard InChI is InChI=1S/C12H13BrFNO/c13-11-4-3-10(6-12(11)14)15-7-9-2-1-5-16-8-9/h2-4,6,15H,1,5,7-8H2. The number of hydrogen-bond acceptors (Lipinski definition) is 2. The van der Waals surface area contributed by atoms with Crippen LogP contribution in [-0.4, -0.2) is 19.8 Å². The highest BCUT2D eigenvalue weighted by atomic mass is 79.9. The van der Waals surface area contributed by atoms with E-state index in [0.717, 1.165) is 18.7 Å². The summed E-state index contributed by atoms with van der Waals surface area (Å²) in [7, 11) is 0. The van der Waals surface area contributed by atoms with E-state index in [1.165, 1.54) is 11.6 Å². The van der Waals surface area contributed by atoms with Crippen LogP contribution >= 0.6 is 15.9 Å². The molecule has 2 nitrogen and oxygen atoms in total. The quantitative estimate of drug-likeness (QED) is 0.860. The Labute approximate surface area is 103 Å². The molecule has 0 atom stereocenters. The maximum absolute atomic E-state index is 13.2. The Morgan fingerprint density at radius 1 is 1.44 bits per heavy atom. The van der Waals surface area contributed by atoms with Gasteiger partial charge in [0.05, 0.1) is 17.7 Å². The van der Waals surface area contributed by atoms with Crippen LogP contribution in [0.1, 0.15) is 6.42 Å². The van der Waals surface area contributed by atoms with Gasteiger partial charge in [0.1, 0.15) is 5.82 Å². The first-order valence-electron chi connectivity index (χ1n) is 5.20. The second kappa shape index (κ2) is 5.46. The van der Waals surface area contributed by atoms with Crippen molar-refractivity contribution < 1.29 is 9.13 Å². The Kier molecular flexibility index (Phi) is 3.96. The van der Waals surface area contributed by atoms with Crippen molar-refractivity contribution >= 4 is 21.6 Å². The molecule has 1 aliphatic rings. The van der Waals surface area contributed by atoms with Crippen LogP contribution in [0, 0.1) is 5.82 Å². The Hall–Kier alpha value is -0.870. The molecule has 0 aliphatic carbocycles. The Bertz CT molecular complexity index is 406. The maximum atomic E-state index is 13.2. The van der Waals surface area contributed by atoms with Crippen molar-refractivity contribution in [1.82, 2.24) is 0 Å². The van der Waals surface area contributed by atoms with E-state index in [1.807, 2.05) is 6.07 Å². The average molecular weight is 286 g/mol. The minimum atomic E-state index is -0.251. The summed E-state index contributed by atoms with van der Waals surface area (Å²) in [4.78, 5) is 0. The molecular formula is C12H13BrFNO. The first-order valence-corrected chi connectivity index (χ1v) is 5.99. The minimum Gasteiger partial charge on any atom is -0.381 e. The molecule has 1 aromatic rings. The molecule has 0 spiro atoms. The molecule has 0 aromatic heterocycles. The summed E-state index contributed by atoms with van der Waals surface area (Å²) in [5.74, 6) is -0.251. The normalized spacial score (nSPS) is 15.8. The van der Waals surface area contributed by atoms with E-state index in [1.54, 1.807) is 6.07 Å². The van der Waals surface area contributed by atoms with Gasteiger partial charge in [-0.1, -0.05) is 6.08 Å². The van der Waals surface area contributed by atoms with Gasteiger partial charge in [0.15, 0.2) is 0 Å². The molecule has 16 heavy (non-hydrogen) atoms. The summed E-state index contributed by atoms with van der Waals surface area (Å²) in [5.41, 5.74) is 2.00. The maximum Gasteiger partial charge on any atom is 0.139 e. The number of rotatable bonds is 3. The van der Waals surface area contributed by atoms with Crippen LogP contribution in [0.5, 0.6) is 0 Å². The smallest absolute Gasteiger partial charge is 0.139 e. The molecule has 1 aromatic carbocycles. The molecule has 0 amide bonds. The highest BCUT2D eigenvalue weighted by Gasteiger charge is 2.04. The molecular weight excluding hydrogens is 273 g/mol. The van der Waals surface area contributed by atoms with Crippen molar-refractivity contribution in [2.75, 3.05) is 25.1 Å². The highest BCUT2D eigenvalue weighted by molar-refractivity contribution is 9.10. The Morgan fingerprint density at radius 3 is 3.00 bits per heavy atom. The van der Waals surface area contributed by atoms with E-state index >= 15 is 0 Å². The van der Waals surface area contributed by atoms with Gasteiger partial charge in [-0.15, -0.1) is 0 Å². The van der Waals surface area contributed by atoms with Crippen LogP contribution in [0.2, 0.25) is 0 Å². The predicted octanol–water partition coefficient (Wildman–Crippen LogP) is 3.35. The second-order valence-corrected chi connectivity index (χ2v) is 4.54. The van der Waals surface area contributed by atoms with E-state index in [2.05, 4.69) is 27.3 Å². The van der Waals surface area contributed by atoms with E-state index in [4.69, 9.17) is 4.74 Å². The van der Waals surface area contributed by atoms with E-state index in [-0.39, 0.29) is 5.82 Å². The topological polar surface area (TPSA) is 21.3 Å². The van der Waals surface area contributed by atoms with Gasteiger partial charge < -0.3 is 10.1 Å². The van der Waals surface area contributed by atoms with Crippen LogP contribution in [0.4, 0.5) is 10.1 Å². The lowest BCUT2D eigenvalue weighted by molar-refractivity contribution is 0.150. The van der Waals surface area contributed by atoms with Gasteiger partial charge in [0.25, 0.3) is 0 Å². The van der Waals surface area contributed by atoms with Gasteiger partial charge in [-0.25, -0.2) is 4.39 Å². The molecule has 4 heteroatoms. The van der Waals surface area contributed by atoms with Gasteiger partial charge in [-0.05, 0) is 46.1 Å². The molecule has 1 N–H and O–H groups in total. The lowest BCUT2D eigenvalue weighted by Crippen LogP contribution is -2.14. The zero-order valence-electron chi connectivity index (χ0n) is 8.80. The molecule has 0 saturated carbocycles. The fourth-order valence-electron chi connectivity index (χ4n) is 1.55. The molecule has 0 bridgehead atoms. The number of hydrogen-bond donors (Lipinski definition) is 1. The molecule has 86 valence electrons. The van der Waals surface area contributed by atoms with Gasteiger partial charge in [0.2, 0.25) is 0 Å². The monoisotopic (exact) mass is 285 g/mol. The SMILES string of the molecule is Fc1cc(NCC2=CCCOC2)ccc1Br. The fourth-order valence-corrected chi connectivity index (χ4v) is 1.80. The summed E-state index contributed by atoms with van der Waals surface area (Å²) in [6, 6.07) is 5.02. The number of halogens is 2. The molecule has 2 rings (SSSR count). The molecule has 1 aliphatic heterocycles. The Balaban J connectivity index is 1.94. The van der Waals surface area contributed by atoms with E-state index < -0.39 is 0 Å². The van der Waals surface area contributed by atoms with Gasteiger partial charge >= 0.3 is 0 Å². The third-order valence-electron chi connectivity index (χ3n) is 2.42. The summed E-state index contributed by atoms with van der Waals surface area (Å²) >= 11 is 3.12. The second-order valence-electron chi connectivity index (χ2n) is 3.69. The molecule has 0 saturated heterocycles. The number of anilines is 1. The molecule has 0 radical (unpaired) electrons. The number of benzene rings is 1. The van der Waals surface area contributed by atoms with Gasteiger partial charge in [-0.3, -0.25) is 0 Å². The van der Waals surface area contributed by atoms with Gasteiger partial charge in [0, 0.05) is 12.2 Å². The lowest BCUT2D eigenvalue weighted by Gasteiger charge is -2.15. The zero-order valence-corrected chi connectivity index (χ0v) is 10.4. The first-order chi connectivity index (χ1) is 7.75. The van der Waals surface area contributed by atoms with Crippen LogP contribution in [-0.2, 0) is 4.74 Å². The first kappa shape index (κ1) is 11.6. The average Bonchev–Trinajstić information content (AvgIpc) is 2.32. The van der Waals surface area contributed by atoms with Gasteiger partial charge in [-0.2, -0.15) is 0 Å². The number of ether oxygens (including phenoxy) is 1. The molecule has 0 unspecified atom stereocenters. The summed E-state index contributed by atoms with van der Waals surface area (Å²) < 4.78 is 19.0. The largest absolute Gasteiger partial charge is 0.381 e. The highest BCUT2D eigenvalue weighted by Crippen LogP contribution is 2.19. The third kappa shape index (κ3) is 3.06. The zero-order chi connectivity index (χ0) is 11.4. The summed E-state index contributed by atoms with van der Waals surface area (Å²) in [6.07, 6.45) is 3.14. The van der Waals surface area contributed by atoms with Crippen LogP contribution in [0.3, 0.4) is 0 Å². The van der Waals surface area contributed by atoms with E-state index in [9.17, 15) is 4.39 Å². The summed E-state index contributed by atoms with van der Waals surface area (Å²) in [5, 5.41) is 3.17. The van der Waals surface area contributed by atoms with Crippen molar-refractivity contribution in [3.05, 3.63) is 40.1 Å². The number of nitrogens with one attached hydrogen (secondary N) is 1. The Morgan fingerprint density at radius 2 is 2.31 bits per heavy atom. The van der Waals surface area contributed by atoms with Crippen molar-refractivity contribution in [3.63, 3.8) is 0 Å². The molecule has 0 fully saturated rings. The lowest BCUT2D eigenvalue weighted by atomic mass is 10.2. The van der Waals surface area contributed by atoms with E-state index in [0.29, 0.717) is 17.6 Å². The van der Waals surface area contributed by atoms with Crippen molar-refractivity contribution in [2.24, 2.45) is 0 Å². The summed E-state index contributed by atoms with van der Waals surface area (Å²) in [6.45, 7) is 2.18. The third-order valence-corrected chi connectivity index (χ3v) is 3.06. The van der Waals surface area contributed by atoms with Crippen LogP contribution < -0.4 is 5.32 Å². The minimum absolute atomic E-state index is 0.251. The van der Waals surface area contributed by atoms with Crippen LogP contribution in [0.25, 0.3) is 0 Å². The van der Waals surface area contributed by atoms with Crippen LogP contribution in [0.15, 0.2) is 34.3 Å².